The quantitative estimate of drug-likeness (QED) is 0.424. The van der Waals surface area contributed by atoms with E-state index < -0.39 is 6.29 Å². The molecule has 1 atom stereocenters. The number of hydrogen-bond donors (Lipinski definition) is 1. The Morgan fingerprint density at radius 1 is 1.11 bits per heavy atom. The van der Waals surface area contributed by atoms with Crippen LogP contribution in [0.4, 0.5) is 0 Å². The van der Waals surface area contributed by atoms with Crippen molar-refractivity contribution in [1.29, 1.82) is 0 Å². The molecule has 1 unspecified atom stereocenters. The number of hydrogen-bond acceptors (Lipinski definition) is 4. The molecule has 0 spiro atoms. The van der Waals surface area contributed by atoms with Gasteiger partial charge in [0.15, 0.2) is 6.29 Å². The molecule has 0 amide bonds. The Morgan fingerprint density at radius 3 is 2.44 bits per heavy atom. The van der Waals surface area contributed by atoms with Gasteiger partial charge in [0.1, 0.15) is 5.75 Å². The van der Waals surface area contributed by atoms with E-state index in [-0.39, 0.29) is 0 Å². The second-order valence-electron chi connectivity index (χ2n) is 4.06. The molecule has 1 rings (SSSR count). The monoisotopic (exact) mass is 270 g/mol. The molecule has 18 heavy (non-hydrogen) atoms. The van der Waals surface area contributed by atoms with Crippen molar-refractivity contribution in [2.24, 2.45) is 0 Å². The number of aliphatic hydroxyl groups excluding tert-OH is 1. The summed E-state index contributed by atoms with van der Waals surface area (Å²) in [6, 6.07) is 8.13. The molecule has 0 aliphatic heterocycles. The van der Waals surface area contributed by atoms with Crippen LogP contribution in [0.1, 0.15) is 25.7 Å². The van der Waals surface area contributed by atoms with Gasteiger partial charge >= 0.3 is 0 Å². The fraction of sp³-hybridized carbons (Fsp3) is 0.571. The van der Waals surface area contributed by atoms with Gasteiger partial charge in [0.25, 0.3) is 0 Å². The van der Waals surface area contributed by atoms with Crippen LogP contribution >= 0.6 is 11.8 Å². The van der Waals surface area contributed by atoms with Gasteiger partial charge in [-0.15, -0.1) is 11.8 Å². The average Bonchev–Trinajstić information content (AvgIpc) is 2.43. The molecule has 102 valence electrons. The Hall–Kier alpha value is -0.710. The smallest absolute Gasteiger partial charge is 0.154 e. The van der Waals surface area contributed by atoms with Gasteiger partial charge < -0.3 is 14.6 Å². The molecule has 0 saturated carbocycles. The van der Waals surface area contributed by atoms with E-state index in [1.54, 1.807) is 7.11 Å². The Labute approximate surface area is 113 Å². The number of benzene rings is 1. The van der Waals surface area contributed by atoms with Crippen molar-refractivity contribution in [2.45, 2.75) is 36.9 Å². The van der Waals surface area contributed by atoms with Crippen molar-refractivity contribution in [2.75, 3.05) is 20.0 Å². The molecule has 0 aliphatic carbocycles. The summed E-state index contributed by atoms with van der Waals surface area (Å²) in [5.74, 6) is 2.00. The summed E-state index contributed by atoms with van der Waals surface area (Å²) in [4.78, 5) is 1.27. The summed E-state index contributed by atoms with van der Waals surface area (Å²) in [5.41, 5.74) is 0. The number of ether oxygens (including phenoxy) is 2. The zero-order chi connectivity index (χ0) is 13.2. The molecule has 0 aromatic heterocycles. The lowest BCUT2D eigenvalue weighted by Crippen LogP contribution is -2.07. The van der Waals surface area contributed by atoms with Crippen LogP contribution in [-0.2, 0) is 4.74 Å². The minimum Gasteiger partial charge on any atom is -0.497 e. The van der Waals surface area contributed by atoms with Gasteiger partial charge in [0.2, 0.25) is 0 Å². The molecule has 0 fully saturated rings. The summed E-state index contributed by atoms with van der Waals surface area (Å²) in [7, 11) is 3.21. The third-order valence-electron chi connectivity index (χ3n) is 2.70. The first-order valence-electron chi connectivity index (χ1n) is 6.24. The minimum absolute atomic E-state index is 0.598. The first-order chi connectivity index (χ1) is 8.76. The lowest BCUT2D eigenvalue weighted by molar-refractivity contribution is -0.0792. The highest BCUT2D eigenvalue weighted by Gasteiger charge is 2.00. The average molecular weight is 270 g/mol. The highest BCUT2D eigenvalue weighted by Crippen LogP contribution is 2.22. The Morgan fingerprint density at radius 2 is 1.83 bits per heavy atom. The van der Waals surface area contributed by atoms with E-state index in [1.165, 1.54) is 12.0 Å². The fourth-order valence-corrected chi connectivity index (χ4v) is 2.49. The summed E-state index contributed by atoms with van der Waals surface area (Å²) in [6.45, 7) is 0. The van der Waals surface area contributed by atoms with Gasteiger partial charge in [-0.1, -0.05) is 6.42 Å². The molecule has 3 nitrogen and oxygen atoms in total. The third kappa shape index (κ3) is 6.28. The van der Waals surface area contributed by atoms with Crippen molar-refractivity contribution in [3.63, 3.8) is 0 Å². The van der Waals surface area contributed by atoms with Gasteiger partial charge in [0.05, 0.1) is 7.11 Å². The van der Waals surface area contributed by atoms with E-state index in [0.29, 0.717) is 0 Å². The number of methoxy groups -OCH3 is 2. The van der Waals surface area contributed by atoms with Gasteiger partial charge in [0, 0.05) is 12.0 Å². The Bertz CT molecular complexity index is 313. The molecule has 1 aromatic carbocycles. The van der Waals surface area contributed by atoms with Crippen molar-refractivity contribution < 1.29 is 14.6 Å². The second kappa shape index (κ2) is 9.25. The molecular formula is C14H22O3S. The molecule has 1 aromatic rings. The summed E-state index contributed by atoms with van der Waals surface area (Å²) in [6.07, 6.45) is 3.43. The Kier molecular flexibility index (Phi) is 7.89. The lowest BCUT2D eigenvalue weighted by atomic mass is 10.2. The summed E-state index contributed by atoms with van der Waals surface area (Å²) >= 11 is 1.85. The van der Waals surface area contributed by atoms with Crippen LogP contribution in [0.2, 0.25) is 0 Å². The van der Waals surface area contributed by atoms with E-state index in [0.717, 1.165) is 37.2 Å². The van der Waals surface area contributed by atoms with Crippen molar-refractivity contribution in [1.82, 2.24) is 0 Å². The highest BCUT2D eigenvalue weighted by molar-refractivity contribution is 7.99. The lowest BCUT2D eigenvalue weighted by Gasteiger charge is -2.07. The number of aliphatic hydroxyl groups is 1. The maximum atomic E-state index is 9.20. The van der Waals surface area contributed by atoms with Gasteiger partial charge in [-0.3, -0.25) is 0 Å². The molecule has 1 N–H and O–H groups in total. The second-order valence-corrected chi connectivity index (χ2v) is 5.23. The summed E-state index contributed by atoms with van der Waals surface area (Å²) < 4.78 is 9.90. The largest absolute Gasteiger partial charge is 0.497 e. The standard InChI is InChI=1S/C14H22O3S/c1-16-12-7-9-13(10-8-12)18-11-5-3-4-6-14(15)17-2/h7-10,14-15H,3-6,11H2,1-2H3. The van der Waals surface area contributed by atoms with Crippen molar-refractivity contribution >= 4 is 11.8 Å². The van der Waals surface area contributed by atoms with Crippen LogP contribution in [0.15, 0.2) is 29.2 Å². The Balaban J connectivity index is 2.06. The molecule has 4 heteroatoms. The maximum Gasteiger partial charge on any atom is 0.154 e. The first-order valence-corrected chi connectivity index (χ1v) is 7.22. The molecule has 0 saturated heterocycles. The topological polar surface area (TPSA) is 38.7 Å². The predicted octanol–water partition coefficient (Wildman–Crippen LogP) is 3.31. The van der Waals surface area contributed by atoms with Crippen molar-refractivity contribution in [3.05, 3.63) is 24.3 Å². The zero-order valence-corrected chi connectivity index (χ0v) is 11.9. The molecular weight excluding hydrogens is 248 g/mol. The maximum absolute atomic E-state index is 9.20. The number of unbranched alkanes of at least 4 members (excludes halogenated alkanes) is 2. The van der Waals surface area contributed by atoms with Gasteiger partial charge in [-0.05, 0) is 49.3 Å². The first kappa shape index (κ1) is 15.3. The molecule has 0 bridgehead atoms. The van der Waals surface area contributed by atoms with Crippen LogP contribution in [0, 0.1) is 0 Å². The highest BCUT2D eigenvalue weighted by atomic mass is 32.2. The fourth-order valence-electron chi connectivity index (χ4n) is 1.58. The number of thioether (sulfide) groups is 1. The van der Waals surface area contributed by atoms with E-state index >= 15 is 0 Å². The van der Waals surface area contributed by atoms with Crippen LogP contribution in [0.5, 0.6) is 5.75 Å². The summed E-state index contributed by atoms with van der Waals surface area (Å²) in [5, 5.41) is 9.20. The van der Waals surface area contributed by atoms with E-state index in [9.17, 15) is 5.11 Å². The van der Waals surface area contributed by atoms with E-state index in [4.69, 9.17) is 9.47 Å². The van der Waals surface area contributed by atoms with E-state index in [2.05, 4.69) is 12.1 Å². The SMILES string of the molecule is COc1ccc(SCCCCCC(O)OC)cc1. The number of rotatable bonds is 9. The predicted molar refractivity (Wildman–Crippen MR) is 75.2 cm³/mol. The van der Waals surface area contributed by atoms with Crippen LogP contribution < -0.4 is 4.74 Å². The molecule has 0 aliphatic rings. The minimum atomic E-state index is -0.598. The molecule has 0 heterocycles. The van der Waals surface area contributed by atoms with Crippen molar-refractivity contribution in [3.8, 4) is 5.75 Å². The normalized spacial score (nSPS) is 12.4. The third-order valence-corrected chi connectivity index (χ3v) is 3.79. The zero-order valence-electron chi connectivity index (χ0n) is 11.1. The van der Waals surface area contributed by atoms with Crippen LogP contribution in [0.25, 0.3) is 0 Å². The van der Waals surface area contributed by atoms with Gasteiger partial charge in [-0.25, -0.2) is 0 Å². The van der Waals surface area contributed by atoms with E-state index in [1.807, 2.05) is 23.9 Å². The van der Waals surface area contributed by atoms with Gasteiger partial charge in [-0.2, -0.15) is 0 Å². The van der Waals surface area contributed by atoms with Crippen LogP contribution in [-0.4, -0.2) is 31.4 Å². The molecule has 0 radical (unpaired) electrons. The van der Waals surface area contributed by atoms with Crippen LogP contribution in [0.3, 0.4) is 0 Å².